The first kappa shape index (κ1) is 6.34. The smallest absolute Gasteiger partial charge is 0.187 e. The van der Waals surface area contributed by atoms with Crippen molar-refractivity contribution in [3.05, 3.63) is 12.2 Å². The molecule has 56 valence electrons. The molecule has 0 radical (unpaired) electrons. The van der Waals surface area contributed by atoms with Crippen LogP contribution in [0.4, 0.5) is 0 Å². The van der Waals surface area contributed by atoms with E-state index in [2.05, 4.69) is 0 Å². The number of fused-ring (bicyclic) bond motifs is 2. The molecule has 3 nitrogen and oxygen atoms in total. The Labute approximate surface area is 59.2 Å². The lowest BCUT2D eigenvalue weighted by Gasteiger charge is -2.33. The van der Waals surface area contributed by atoms with Crippen molar-refractivity contribution in [3.63, 3.8) is 0 Å². The number of rotatable bonds is 0. The van der Waals surface area contributed by atoms with Crippen LogP contribution >= 0.6 is 0 Å². The largest absolute Gasteiger partial charge is 0.384 e. The molecule has 2 bridgehead atoms. The lowest BCUT2D eigenvalue weighted by atomic mass is 10.1. The molecule has 1 saturated heterocycles. The molecule has 1 N–H and O–H groups in total. The molecule has 2 heterocycles. The Morgan fingerprint density at radius 1 is 1.40 bits per heavy atom. The normalized spacial score (nSPS) is 45.5. The van der Waals surface area contributed by atoms with E-state index in [-0.39, 0.29) is 6.10 Å². The minimum Gasteiger partial charge on any atom is -0.384 e. The SMILES string of the molecule is OC1C=CC2CCOC1O2. The third-order valence-corrected chi connectivity index (χ3v) is 1.80. The summed E-state index contributed by atoms with van der Waals surface area (Å²) in [5.41, 5.74) is 0. The summed E-state index contributed by atoms with van der Waals surface area (Å²) < 4.78 is 10.4. The molecule has 0 aliphatic carbocycles. The number of hydrogen-bond donors (Lipinski definition) is 1. The van der Waals surface area contributed by atoms with Gasteiger partial charge in [0, 0.05) is 6.42 Å². The number of hydrogen-bond acceptors (Lipinski definition) is 3. The van der Waals surface area contributed by atoms with Crippen LogP contribution in [-0.2, 0) is 9.47 Å². The molecule has 0 spiro atoms. The Kier molecular flexibility index (Phi) is 1.48. The topological polar surface area (TPSA) is 38.7 Å². The van der Waals surface area contributed by atoms with Crippen molar-refractivity contribution in [2.75, 3.05) is 6.61 Å². The van der Waals surface area contributed by atoms with Crippen molar-refractivity contribution in [2.45, 2.75) is 24.9 Å². The van der Waals surface area contributed by atoms with Crippen LogP contribution in [0, 0.1) is 0 Å². The maximum absolute atomic E-state index is 9.18. The Bertz CT molecular complexity index is 151. The standard InChI is InChI=1S/C7H10O3/c8-6-2-1-5-3-4-9-7(6)10-5/h1-2,5-8H,3-4H2. The highest BCUT2D eigenvalue weighted by Gasteiger charge is 2.29. The van der Waals surface area contributed by atoms with Gasteiger partial charge in [0.2, 0.25) is 0 Å². The van der Waals surface area contributed by atoms with Crippen LogP contribution in [0.1, 0.15) is 6.42 Å². The monoisotopic (exact) mass is 142 g/mol. The third kappa shape index (κ3) is 0.963. The summed E-state index contributed by atoms with van der Waals surface area (Å²) in [7, 11) is 0. The molecule has 2 aliphatic heterocycles. The second-order valence-electron chi connectivity index (χ2n) is 2.58. The van der Waals surface area contributed by atoms with Gasteiger partial charge in [-0.2, -0.15) is 0 Å². The van der Waals surface area contributed by atoms with Gasteiger partial charge in [-0.05, 0) is 0 Å². The maximum Gasteiger partial charge on any atom is 0.187 e. The zero-order chi connectivity index (χ0) is 6.97. The van der Waals surface area contributed by atoms with Crippen LogP contribution in [0.15, 0.2) is 12.2 Å². The molecule has 0 aromatic carbocycles. The van der Waals surface area contributed by atoms with Crippen molar-refractivity contribution >= 4 is 0 Å². The molecule has 2 aliphatic rings. The molecule has 10 heavy (non-hydrogen) atoms. The summed E-state index contributed by atoms with van der Waals surface area (Å²) in [6, 6.07) is 0. The van der Waals surface area contributed by atoms with Gasteiger partial charge in [0.05, 0.1) is 12.7 Å². The van der Waals surface area contributed by atoms with Gasteiger partial charge in [-0.3, -0.25) is 0 Å². The average Bonchev–Trinajstić information content (AvgIpc) is 1.99. The minimum absolute atomic E-state index is 0.169. The van der Waals surface area contributed by atoms with Gasteiger partial charge in [0.1, 0.15) is 6.10 Å². The van der Waals surface area contributed by atoms with E-state index in [0.29, 0.717) is 6.61 Å². The van der Waals surface area contributed by atoms with Gasteiger partial charge in [0.25, 0.3) is 0 Å². The Morgan fingerprint density at radius 3 is 3.10 bits per heavy atom. The Balaban J connectivity index is 2.13. The second kappa shape index (κ2) is 2.34. The Morgan fingerprint density at radius 2 is 2.30 bits per heavy atom. The van der Waals surface area contributed by atoms with E-state index in [9.17, 15) is 5.11 Å². The molecule has 0 amide bonds. The lowest BCUT2D eigenvalue weighted by molar-refractivity contribution is -0.237. The molecule has 2 rings (SSSR count). The summed E-state index contributed by atoms with van der Waals surface area (Å²) in [5, 5.41) is 9.18. The minimum atomic E-state index is -0.573. The predicted molar refractivity (Wildman–Crippen MR) is 34.4 cm³/mol. The first-order chi connectivity index (χ1) is 4.86. The van der Waals surface area contributed by atoms with E-state index < -0.39 is 12.4 Å². The number of ether oxygens (including phenoxy) is 2. The molecular weight excluding hydrogens is 132 g/mol. The van der Waals surface area contributed by atoms with E-state index in [1.807, 2.05) is 6.08 Å². The Hall–Kier alpha value is -0.380. The fraction of sp³-hybridized carbons (Fsp3) is 0.714. The van der Waals surface area contributed by atoms with Crippen molar-refractivity contribution < 1.29 is 14.6 Å². The highest BCUT2D eigenvalue weighted by molar-refractivity contribution is 5.01. The van der Waals surface area contributed by atoms with Crippen LogP contribution in [0.3, 0.4) is 0 Å². The molecule has 3 unspecified atom stereocenters. The van der Waals surface area contributed by atoms with Gasteiger partial charge in [-0.15, -0.1) is 0 Å². The van der Waals surface area contributed by atoms with Crippen LogP contribution in [-0.4, -0.2) is 30.2 Å². The van der Waals surface area contributed by atoms with E-state index >= 15 is 0 Å². The third-order valence-electron chi connectivity index (χ3n) is 1.80. The average molecular weight is 142 g/mol. The second-order valence-corrected chi connectivity index (χ2v) is 2.58. The summed E-state index contributed by atoms with van der Waals surface area (Å²) in [6.07, 6.45) is 3.71. The number of aliphatic hydroxyl groups is 1. The fourth-order valence-corrected chi connectivity index (χ4v) is 1.23. The summed E-state index contributed by atoms with van der Waals surface area (Å²) in [5.74, 6) is 0. The van der Waals surface area contributed by atoms with Crippen LogP contribution in [0.5, 0.6) is 0 Å². The molecule has 3 heteroatoms. The van der Waals surface area contributed by atoms with Crippen LogP contribution in [0.2, 0.25) is 0 Å². The van der Waals surface area contributed by atoms with E-state index in [4.69, 9.17) is 9.47 Å². The molecule has 3 atom stereocenters. The first-order valence-electron chi connectivity index (χ1n) is 3.50. The molecule has 0 aromatic rings. The fourth-order valence-electron chi connectivity index (χ4n) is 1.23. The molecule has 1 fully saturated rings. The van der Waals surface area contributed by atoms with Gasteiger partial charge >= 0.3 is 0 Å². The molecule has 0 saturated carbocycles. The van der Waals surface area contributed by atoms with Crippen molar-refractivity contribution in [1.82, 2.24) is 0 Å². The zero-order valence-electron chi connectivity index (χ0n) is 5.56. The predicted octanol–water partition coefficient (Wildman–Crippen LogP) is 0.0487. The van der Waals surface area contributed by atoms with E-state index in [1.165, 1.54) is 0 Å². The highest BCUT2D eigenvalue weighted by atomic mass is 16.7. The molecular formula is C7H10O3. The highest BCUT2D eigenvalue weighted by Crippen LogP contribution is 2.21. The van der Waals surface area contributed by atoms with Crippen LogP contribution in [0.25, 0.3) is 0 Å². The maximum atomic E-state index is 9.18. The van der Waals surface area contributed by atoms with E-state index in [1.54, 1.807) is 6.08 Å². The van der Waals surface area contributed by atoms with Crippen molar-refractivity contribution in [3.8, 4) is 0 Å². The van der Waals surface area contributed by atoms with Gasteiger partial charge in [-0.1, -0.05) is 12.2 Å². The summed E-state index contributed by atoms with van der Waals surface area (Å²) in [6.45, 7) is 0.691. The zero-order valence-corrected chi connectivity index (χ0v) is 5.56. The summed E-state index contributed by atoms with van der Waals surface area (Å²) in [4.78, 5) is 0. The lowest BCUT2D eigenvalue weighted by Crippen LogP contribution is -2.41. The number of aliphatic hydroxyl groups excluding tert-OH is 1. The summed E-state index contributed by atoms with van der Waals surface area (Å²) >= 11 is 0. The van der Waals surface area contributed by atoms with Gasteiger partial charge in [0.15, 0.2) is 6.29 Å². The van der Waals surface area contributed by atoms with Crippen LogP contribution < -0.4 is 0 Å². The first-order valence-corrected chi connectivity index (χ1v) is 3.50. The molecule has 0 aromatic heterocycles. The van der Waals surface area contributed by atoms with Crippen molar-refractivity contribution in [2.24, 2.45) is 0 Å². The van der Waals surface area contributed by atoms with Gasteiger partial charge < -0.3 is 14.6 Å². The van der Waals surface area contributed by atoms with Gasteiger partial charge in [-0.25, -0.2) is 0 Å². The van der Waals surface area contributed by atoms with Crippen molar-refractivity contribution in [1.29, 1.82) is 0 Å². The van der Waals surface area contributed by atoms with E-state index in [0.717, 1.165) is 6.42 Å². The quantitative estimate of drug-likeness (QED) is 0.486.